The molecule has 3 heterocycles. The van der Waals surface area contributed by atoms with Gasteiger partial charge in [-0.3, -0.25) is 9.08 Å². The van der Waals surface area contributed by atoms with Gasteiger partial charge in [0.1, 0.15) is 10.6 Å². The molecular formula is C19H21N7O3S. The standard InChI is InChI=1S/C19H21N7O3S/c1-13-7-14(11-25-12-15(9-20)10-21-25)8-18-22-23-19(26(13)18)24-30(27,28)17-6-4-3-5-16(17)29-2/h3-8,10,12H,9,11,20H2,1-2H3,(H,23,24). The summed E-state index contributed by atoms with van der Waals surface area (Å²) >= 11 is 0. The highest BCUT2D eigenvalue weighted by Crippen LogP contribution is 2.25. The lowest BCUT2D eigenvalue weighted by molar-refractivity contribution is 0.403. The van der Waals surface area contributed by atoms with Gasteiger partial charge in [0.15, 0.2) is 5.65 Å². The fourth-order valence-corrected chi connectivity index (χ4v) is 4.39. The molecule has 0 saturated carbocycles. The number of nitrogens with two attached hydrogens (primary N) is 1. The summed E-state index contributed by atoms with van der Waals surface area (Å²) in [7, 11) is -2.50. The topological polar surface area (TPSA) is 129 Å². The van der Waals surface area contributed by atoms with E-state index in [0.29, 0.717) is 18.7 Å². The lowest BCUT2D eigenvalue weighted by atomic mass is 10.2. The molecule has 30 heavy (non-hydrogen) atoms. The van der Waals surface area contributed by atoms with Crippen molar-refractivity contribution in [3.63, 3.8) is 0 Å². The molecule has 0 aliphatic heterocycles. The van der Waals surface area contributed by atoms with Gasteiger partial charge in [-0.1, -0.05) is 12.1 Å². The smallest absolute Gasteiger partial charge is 0.267 e. The van der Waals surface area contributed by atoms with Crippen molar-refractivity contribution < 1.29 is 13.2 Å². The number of nitrogens with zero attached hydrogens (tertiary/aromatic N) is 5. The van der Waals surface area contributed by atoms with Crippen molar-refractivity contribution in [2.24, 2.45) is 5.73 Å². The second-order valence-corrected chi connectivity index (χ2v) is 8.38. The Balaban J connectivity index is 1.66. The largest absolute Gasteiger partial charge is 0.495 e. The fraction of sp³-hybridized carbons (Fsp3) is 0.211. The molecular weight excluding hydrogens is 406 g/mol. The Morgan fingerprint density at radius 3 is 2.70 bits per heavy atom. The zero-order valence-electron chi connectivity index (χ0n) is 16.5. The number of benzene rings is 1. The highest BCUT2D eigenvalue weighted by atomic mass is 32.2. The Hall–Kier alpha value is -3.44. The maximum absolute atomic E-state index is 12.9. The van der Waals surface area contributed by atoms with E-state index in [-0.39, 0.29) is 16.6 Å². The van der Waals surface area contributed by atoms with E-state index >= 15 is 0 Å². The summed E-state index contributed by atoms with van der Waals surface area (Å²) in [5.41, 5.74) is 8.83. The van der Waals surface area contributed by atoms with E-state index in [9.17, 15) is 8.42 Å². The number of nitrogens with one attached hydrogen (secondary N) is 1. The summed E-state index contributed by atoms with van der Waals surface area (Å²) in [6.45, 7) is 2.82. The van der Waals surface area contributed by atoms with Gasteiger partial charge in [0.2, 0.25) is 5.95 Å². The predicted octanol–water partition coefficient (Wildman–Crippen LogP) is 1.55. The van der Waals surface area contributed by atoms with Crippen LogP contribution in [-0.2, 0) is 23.1 Å². The Morgan fingerprint density at radius 2 is 1.97 bits per heavy atom. The summed E-state index contributed by atoms with van der Waals surface area (Å²) in [5, 5.41) is 12.4. The highest BCUT2D eigenvalue weighted by Gasteiger charge is 2.22. The lowest BCUT2D eigenvalue weighted by Crippen LogP contribution is -2.16. The number of ether oxygens (including phenoxy) is 1. The molecule has 10 nitrogen and oxygen atoms in total. The van der Waals surface area contributed by atoms with Crippen LogP contribution < -0.4 is 15.2 Å². The third-order valence-corrected chi connectivity index (χ3v) is 5.97. The Kier molecular flexibility index (Phi) is 5.14. The van der Waals surface area contributed by atoms with Gasteiger partial charge in [-0.25, -0.2) is 13.1 Å². The van der Waals surface area contributed by atoms with E-state index in [2.05, 4.69) is 20.0 Å². The number of fused-ring (bicyclic) bond motifs is 1. The number of hydrogen-bond donors (Lipinski definition) is 2. The van der Waals surface area contributed by atoms with Gasteiger partial charge >= 0.3 is 0 Å². The average molecular weight is 427 g/mol. The van der Waals surface area contributed by atoms with Crippen molar-refractivity contribution in [1.29, 1.82) is 0 Å². The van der Waals surface area contributed by atoms with Crippen LogP contribution in [0.15, 0.2) is 53.7 Å². The normalized spacial score (nSPS) is 11.7. The first-order valence-corrected chi connectivity index (χ1v) is 10.6. The van der Waals surface area contributed by atoms with E-state index in [4.69, 9.17) is 10.5 Å². The summed E-state index contributed by atoms with van der Waals surface area (Å²) < 4.78 is 36.9. The van der Waals surface area contributed by atoms with Crippen LogP contribution in [0.2, 0.25) is 0 Å². The first-order chi connectivity index (χ1) is 14.4. The first-order valence-electron chi connectivity index (χ1n) is 9.13. The van der Waals surface area contributed by atoms with Crippen LogP contribution in [0.25, 0.3) is 5.65 Å². The van der Waals surface area contributed by atoms with Crippen molar-refractivity contribution in [2.75, 3.05) is 11.8 Å². The van der Waals surface area contributed by atoms with E-state index in [1.165, 1.54) is 13.2 Å². The summed E-state index contributed by atoms with van der Waals surface area (Å²) in [6, 6.07) is 10.1. The number of methoxy groups -OCH3 is 1. The van der Waals surface area contributed by atoms with Crippen LogP contribution >= 0.6 is 0 Å². The second kappa shape index (κ2) is 7.76. The Morgan fingerprint density at radius 1 is 1.17 bits per heavy atom. The van der Waals surface area contributed by atoms with Gasteiger partial charge in [-0.15, -0.1) is 10.2 Å². The first kappa shape index (κ1) is 19.9. The van der Waals surface area contributed by atoms with Gasteiger partial charge in [0.25, 0.3) is 10.0 Å². The van der Waals surface area contributed by atoms with Crippen LogP contribution in [0.5, 0.6) is 5.75 Å². The van der Waals surface area contributed by atoms with Crippen molar-refractivity contribution in [1.82, 2.24) is 24.4 Å². The minimum Gasteiger partial charge on any atom is -0.495 e. The molecule has 0 saturated heterocycles. The third kappa shape index (κ3) is 3.72. The number of rotatable bonds is 7. The van der Waals surface area contributed by atoms with Gasteiger partial charge in [0.05, 0.1) is 19.9 Å². The summed E-state index contributed by atoms with van der Waals surface area (Å²) in [5.74, 6) is 0.346. The molecule has 0 aliphatic carbocycles. The molecule has 0 amide bonds. The summed E-state index contributed by atoms with van der Waals surface area (Å²) in [4.78, 5) is 0.0212. The number of sulfonamides is 1. The fourth-order valence-electron chi connectivity index (χ4n) is 3.24. The van der Waals surface area contributed by atoms with Crippen molar-refractivity contribution in [2.45, 2.75) is 24.9 Å². The Bertz CT molecular complexity index is 1310. The molecule has 0 atom stereocenters. The second-order valence-electron chi connectivity index (χ2n) is 6.73. The molecule has 4 rings (SSSR count). The number of para-hydroxylation sites is 1. The molecule has 1 aromatic carbocycles. The van der Waals surface area contributed by atoms with Crippen LogP contribution in [0.3, 0.4) is 0 Å². The van der Waals surface area contributed by atoms with E-state index < -0.39 is 10.0 Å². The van der Waals surface area contributed by atoms with Gasteiger partial charge in [0, 0.05) is 24.0 Å². The number of aromatic nitrogens is 5. The van der Waals surface area contributed by atoms with Crippen LogP contribution in [-0.4, -0.2) is 39.9 Å². The zero-order valence-corrected chi connectivity index (χ0v) is 17.3. The third-order valence-electron chi connectivity index (χ3n) is 4.60. The molecule has 156 valence electrons. The van der Waals surface area contributed by atoms with Crippen molar-refractivity contribution >= 4 is 21.6 Å². The molecule has 0 aliphatic rings. The molecule has 0 spiro atoms. The van der Waals surface area contributed by atoms with Crippen molar-refractivity contribution in [3.05, 3.63) is 65.6 Å². The van der Waals surface area contributed by atoms with Crippen LogP contribution in [0, 0.1) is 6.92 Å². The number of anilines is 1. The monoisotopic (exact) mass is 427 g/mol. The van der Waals surface area contributed by atoms with Gasteiger partial charge < -0.3 is 10.5 Å². The number of aryl methyl sites for hydroxylation is 1. The molecule has 0 radical (unpaired) electrons. The van der Waals surface area contributed by atoms with Gasteiger partial charge in [-0.2, -0.15) is 5.10 Å². The molecule has 0 unspecified atom stereocenters. The molecule has 0 fully saturated rings. The summed E-state index contributed by atoms with van der Waals surface area (Å²) in [6.07, 6.45) is 3.61. The average Bonchev–Trinajstić information content (AvgIpc) is 3.34. The maximum Gasteiger partial charge on any atom is 0.267 e. The minimum absolute atomic E-state index is 0.0212. The lowest BCUT2D eigenvalue weighted by Gasteiger charge is -2.11. The van der Waals surface area contributed by atoms with E-state index in [0.717, 1.165) is 16.8 Å². The zero-order chi connectivity index (χ0) is 21.3. The van der Waals surface area contributed by atoms with Crippen LogP contribution in [0.4, 0.5) is 5.95 Å². The predicted molar refractivity (Wildman–Crippen MR) is 111 cm³/mol. The quantitative estimate of drug-likeness (QED) is 0.458. The Labute approximate surface area is 173 Å². The molecule has 3 N–H and O–H groups in total. The SMILES string of the molecule is COc1ccccc1S(=O)(=O)Nc1nnc2cc(Cn3cc(CN)cn3)cc(C)n12. The van der Waals surface area contributed by atoms with E-state index in [1.54, 1.807) is 33.5 Å². The molecule has 0 bridgehead atoms. The van der Waals surface area contributed by atoms with Crippen molar-refractivity contribution in [3.8, 4) is 5.75 Å². The maximum atomic E-state index is 12.9. The highest BCUT2D eigenvalue weighted by molar-refractivity contribution is 7.92. The minimum atomic E-state index is -3.92. The van der Waals surface area contributed by atoms with Crippen LogP contribution in [0.1, 0.15) is 16.8 Å². The molecule has 3 aromatic heterocycles. The number of hydrogen-bond acceptors (Lipinski definition) is 7. The van der Waals surface area contributed by atoms with E-state index in [1.807, 2.05) is 25.3 Å². The molecule has 4 aromatic rings. The van der Waals surface area contributed by atoms with Gasteiger partial charge in [-0.05, 0) is 36.8 Å². The number of pyridine rings is 1. The molecule has 11 heteroatoms.